The quantitative estimate of drug-likeness (QED) is 0.841. The van der Waals surface area contributed by atoms with Crippen molar-refractivity contribution in [1.29, 1.82) is 0 Å². The summed E-state index contributed by atoms with van der Waals surface area (Å²) in [5.41, 5.74) is 1.38. The average Bonchev–Trinajstić information content (AvgIpc) is 2.55. The molecule has 2 heteroatoms. The van der Waals surface area contributed by atoms with E-state index < -0.39 is 0 Å². The molecule has 0 bridgehead atoms. The molecule has 1 aliphatic carbocycles. The number of allylic oxidation sites excluding steroid dienone is 2. The van der Waals surface area contributed by atoms with E-state index in [-0.39, 0.29) is 0 Å². The summed E-state index contributed by atoms with van der Waals surface area (Å²) in [4.78, 5) is 2.52. The zero-order chi connectivity index (χ0) is 13.6. The van der Waals surface area contributed by atoms with E-state index in [1.54, 1.807) is 0 Å². The van der Waals surface area contributed by atoms with Crippen LogP contribution in [0.1, 0.15) is 32.1 Å². The summed E-state index contributed by atoms with van der Waals surface area (Å²) in [6, 6.07) is 11.5. The lowest BCUT2D eigenvalue weighted by Gasteiger charge is -2.34. The van der Waals surface area contributed by atoms with Crippen LogP contribution in [0.4, 0.5) is 5.69 Å². The van der Waals surface area contributed by atoms with E-state index >= 15 is 0 Å². The average molecular weight is 270 g/mol. The molecule has 1 atom stereocenters. The zero-order valence-electron chi connectivity index (χ0n) is 12.3. The van der Waals surface area contributed by atoms with Crippen molar-refractivity contribution in [2.75, 3.05) is 24.5 Å². The summed E-state index contributed by atoms with van der Waals surface area (Å²) in [7, 11) is 0. The van der Waals surface area contributed by atoms with Crippen LogP contribution in [-0.2, 0) is 0 Å². The van der Waals surface area contributed by atoms with Gasteiger partial charge in [0.2, 0.25) is 0 Å². The monoisotopic (exact) mass is 270 g/mol. The third-order valence-corrected chi connectivity index (χ3v) is 4.69. The van der Waals surface area contributed by atoms with Crippen LogP contribution in [0.15, 0.2) is 42.5 Å². The SMILES string of the molecule is C1=CCC(CNC2CCN(c3ccccc3)CC2)CC1. The van der Waals surface area contributed by atoms with Gasteiger partial charge < -0.3 is 10.2 Å². The van der Waals surface area contributed by atoms with Crippen molar-refractivity contribution in [2.45, 2.75) is 38.1 Å². The van der Waals surface area contributed by atoms with Crippen LogP contribution in [0.25, 0.3) is 0 Å². The van der Waals surface area contributed by atoms with Gasteiger partial charge in [-0.15, -0.1) is 0 Å². The second-order valence-electron chi connectivity index (χ2n) is 6.16. The molecule has 0 saturated carbocycles. The molecule has 0 radical (unpaired) electrons. The van der Waals surface area contributed by atoms with Crippen LogP contribution >= 0.6 is 0 Å². The Kier molecular flexibility index (Phi) is 4.75. The Balaban J connectivity index is 1.41. The summed E-state index contributed by atoms with van der Waals surface area (Å²) < 4.78 is 0. The molecule has 108 valence electrons. The maximum absolute atomic E-state index is 3.80. The maximum atomic E-state index is 3.80. The minimum absolute atomic E-state index is 0.723. The Morgan fingerprint density at radius 1 is 1.00 bits per heavy atom. The van der Waals surface area contributed by atoms with Gasteiger partial charge in [0.25, 0.3) is 0 Å². The Morgan fingerprint density at radius 3 is 2.50 bits per heavy atom. The topological polar surface area (TPSA) is 15.3 Å². The number of anilines is 1. The van der Waals surface area contributed by atoms with Crippen molar-refractivity contribution in [3.8, 4) is 0 Å². The highest BCUT2D eigenvalue weighted by atomic mass is 15.1. The molecule has 1 aliphatic heterocycles. The molecular formula is C18H26N2. The van der Waals surface area contributed by atoms with E-state index in [0.717, 1.165) is 12.0 Å². The van der Waals surface area contributed by atoms with E-state index in [2.05, 4.69) is 52.7 Å². The van der Waals surface area contributed by atoms with Gasteiger partial charge in [-0.1, -0.05) is 30.4 Å². The number of hydrogen-bond donors (Lipinski definition) is 1. The maximum Gasteiger partial charge on any atom is 0.0366 e. The molecule has 0 spiro atoms. The highest BCUT2D eigenvalue weighted by molar-refractivity contribution is 5.46. The van der Waals surface area contributed by atoms with E-state index in [0.29, 0.717) is 0 Å². The first-order valence-corrected chi connectivity index (χ1v) is 8.10. The van der Waals surface area contributed by atoms with Crippen LogP contribution < -0.4 is 10.2 Å². The highest BCUT2D eigenvalue weighted by Gasteiger charge is 2.20. The smallest absolute Gasteiger partial charge is 0.0366 e. The molecule has 2 nitrogen and oxygen atoms in total. The molecule has 1 aromatic carbocycles. The number of rotatable bonds is 4. The number of nitrogens with zero attached hydrogens (tertiary/aromatic N) is 1. The third kappa shape index (κ3) is 3.63. The Bertz CT molecular complexity index is 418. The molecule has 2 aliphatic rings. The van der Waals surface area contributed by atoms with Gasteiger partial charge in [0.05, 0.1) is 0 Å². The van der Waals surface area contributed by atoms with Crippen LogP contribution in [0, 0.1) is 5.92 Å². The van der Waals surface area contributed by atoms with Gasteiger partial charge in [0.1, 0.15) is 0 Å². The molecular weight excluding hydrogens is 244 g/mol. The molecule has 0 amide bonds. The molecule has 1 N–H and O–H groups in total. The van der Waals surface area contributed by atoms with Crippen LogP contribution in [0.5, 0.6) is 0 Å². The fraction of sp³-hybridized carbons (Fsp3) is 0.556. The van der Waals surface area contributed by atoms with Crippen molar-refractivity contribution < 1.29 is 0 Å². The van der Waals surface area contributed by atoms with Crippen molar-refractivity contribution in [1.82, 2.24) is 5.32 Å². The van der Waals surface area contributed by atoms with Gasteiger partial charge in [-0.05, 0) is 56.7 Å². The number of nitrogens with one attached hydrogen (secondary N) is 1. The summed E-state index contributed by atoms with van der Waals surface area (Å²) in [6.45, 7) is 3.58. The lowest BCUT2D eigenvalue weighted by molar-refractivity contribution is 0.361. The molecule has 20 heavy (non-hydrogen) atoms. The first kappa shape index (κ1) is 13.7. The zero-order valence-corrected chi connectivity index (χ0v) is 12.3. The van der Waals surface area contributed by atoms with E-state index in [9.17, 15) is 0 Å². The van der Waals surface area contributed by atoms with Crippen LogP contribution in [-0.4, -0.2) is 25.7 Å². The molecule has 1 unspecified atom stereocenters. The molecule has 3 rings (SSSR count). The molecule has 1 aromatic rings. The first-order valence-electron chi connectivity index (χ1n) is 8.10. The molecule has 0 aromatic heterocycles. The normalized spacial score (nSPS) is 24.0. The van der Waals surface area contributed by atoms with Gasteiger partial charge in [-0.25, -0.2) is 0 Å². The van der Waals surface area contributed by atoms with Crippen molar-refractivity contribution in [3.05, 3.63) is 42.5 Å². The molecule has 1 saturated heterocycles. The fourth-order valence-electron chi connectivity index (χ4n) is 3.36. The largest absolute Gasteiger partial charge is 0.371 e. The summed E-state index contributed by atoms with van der Waals surface area (Å²) in [6.07, 6.45) is 11.2. The molecule has 1 fully saturated rings. The highest BCUT2D eigenvalue weighted by Crippen LogP contribution is 2.21. The number of para-hydroxylation sites is 1. The minimum Gasteiger partial charge on any atom is -0.371 e. The van der Waals surface area contributed by atoms with Crippen molar-refractivity contribution in [2.24, 2.45) is 5.92 Å². The number of piperidine rings is 1. The second kappa shape index (κ2) is 6.94. The van der Waals surface area contributed by atoms with E-state index in [4.69, 9.17) is 0 Å². The first-order chi connectivity index (χ1) is 9.92. The Labute approximate surface area is 122 Å². The second-order valence-corrected chi connectivity index (χ2v) is 6.16. The molecule has 1 heterocycles. The van der Waals surface area contributed by atoms with Gasteiger partial charge in [0.15, 0.2) is 0 Å². The van der Waals surface area contributed by atoms with Gasteiger partial charge in [0, 0.05) is 24.8 Å². The van der Waals surface area contributed by atoms with Crippen LogP contribution in [0.3, 0.4) is 0 Å². The Morgan fingerprint density at radius 2 is 1.80 bits per heavy atom. The predicted octanol–water partition coefficient (Wildman–Crippen LogP) is 3.60. The van der Waals surface area contributed by atoms with Gasteiger partial charge in [-0.3, -0.25) is 0 Å². The summed E-state index contributed by atoms with van der Waals surface area (Å²) in [5.74, 6) is 0.868. The van der Waals surface area contributed by atoms with Crippen molar-refractivity contribution >= 4 is 5.69 Å². The third-order valence-electron chi connectivity index (χ3n) is 4.69. The number of benzene rings is 1. The Hall–Kier alpha value is -1.28. The predicted molar refractivity (Wildman–Crippen MR) is 86.2 cm³/mol. The fourth-order valence-corrected chi connectivity index (χ4v) is 3.36. The summed E-state index contributed by atoms with van der Waals surface area (Å²) in [5, 5.41) is 3.80. The van der Waals surface area contributed by atoms with Gasteiger partial charge in [-0.2, -0.15) is 0 Å². The van der Waals surface area contributed by atoms with Crippen LogP contribution in [0.2, 0.25) is 0 Å². The number of hydrogen-bond acceptors (Lipinski definition) is 2. The van der Waals surface area contributed by atoms with Crippen molar-refractivity contribution in [3.63, 3.8) is 0 Å². The minimum atomic E-state index is 0.723. The van der Waals surface area contributed by atoms with Gasteiger partial charge >= 0.3 is 0 Å². The lowest BCUT2D eigenvalue weighted by atomic mass is 9.93. The lowest BCUT2D eigenvalue weighted by Crippen LogP contribution is -2.44. The standard InChI is InChI=1S/C18H26N2/c1-3-7-16(8-4-1)15-19-17-11-13-20(14-12-17)18-9-5-2-6-10-18/h1-3,5-6,9-10,16-17,19H,4,7-8,11-15H2. The summed E-state index contributed by atoms with van der Waals surface area (Å²) >= 11 is 0. The van der Waals surface area contributed by atoms with E-state index in [1.165, 1.54) is 57.4 Å². The van der Waals surface area contributed by atoms with E-state index in [1.807, 2.05) is 0 Å².